The lowest BCUT2D eigenvalue weighted by Gasteiger charge is -2.30. The first-order valence-corrected chi connectivity index (χ1v) is 10.2. The smallest absolute Gasteiger partial charge is 0.220 e. The first-order valence-electron chi connectivity index (χ1n) is 10.2. The molecule has 1 fully saturated rings. The minimum absolute atomic E-state index is 0.0580. The van der Waals surface area contributed by atoms with Crippen molar-refractivity contribution in [3.8, 4) is 17.6 Å². The molecule has 1 N–H and O–H groups in total. The highest BCUT2D eigenvalue weighted by Gasteiger charge is 2.35. The van der Waals surface area contributed by atoms with E-state index in [0.29, 0.717) is 43.1 Å². The van der Waals surface area contributed by atoms with Gasteiger partial charge >= 0.3 is 0 Å². The minimum Gasteiger partial charge on any atom is -0.493 e. The van der Waals surface area contributed by atoms with Gasteiger partial charge in [-0.3, -0.25) is 4.79 Å². The lowest BCUT2D eigenvalue weighted by atomic mass is 9.79. The van der Waals surface area contributed by atoms with Crippen molar-refractivity contribution in [3.05, 3.63) is 59.7 Å². The van der Waals surface area contributed by atoms with Crippen molar-refractivity contribution >= 4 is 5.91 Å². The predicted octanol–water partition coefficient (Wildman–Crippen LogP) is 4.35. The fraction of sp³-hybridized carbons (Fsp3) is 0.417. The molecule has 1 aliphatic rings. The van der Waals surface area contributed by atoms with Gasteiger partial charge in [0.05, 0.1) is 25.3 Å². The monoisotopic (exact) mass is 392 g/mol. The van der Waals surface area contributed by atoms with Crippen LogP contribution in [0.4, 0.5) is 0 Å². The molecule has 2 aromatic rings. The van der Waals surface area contributed by atoms with Crippen molar-refractivity contribution in [2.45, 2.75) is 43.9 Å². The number of amides is 1. The number of carbonyl (C=O) groups is 1. The lowest BCUT2D eigenvalue weighted by molar-refractivity contribution is -0.121. The molecular formula is C24H28N2O3. The van der Waals surface area contributed by atoms with Crippen LogP contribution in [0.1, 0.15) is 49.7 Å². The summed E-state index contributed by atoms with van der Waals surface area (Å²) in [5, 5.41) is 12.1. The molecule has 5 nitrogen and oxygen atoms in total. The molecule has 3 rings (SSSR count). The maximum Gasteiger partial charge on any atom is 0.220 e. The molecule has 0 aliphatic heterocycles. The Bertz CT molecular complexity index is 852. The number of ether oxygens (including phenoxy) is 2. The second kappa shape index (κ2) is 9.97. The molecule has 0 bridgehead atoms. The molecule has 0 unspecified atom stereocenters. The van der Waals surface area contributed by atoms with Crippen LogP contribution in [0.2, 0.25) is 0 Å². The number of carbonyl (C=O) groups excluding carboxylic acids is 1. The van der Waals surface area contributed by atoms with Crippen molar-refractivity contribution in [1.29, 1.82) is 5.26 Å². The Hall–Kier alpha value is -3.00. The largest absolute Gasteiger partial charge is 0.493 e. The quantitative estimate of drug-likeness (QED) is 0.644. The van der Waals surface area contributed by atoms with Crippen LogP contribution in [0.5, 0.6) is 11.5 Å². The van der Waals surface area contributed by atoms with Gasteiger partial charge in [-0.2, -0.15) is 5.26 Å². The molecule has 1 aliphatic carbocycles. The summed E-state index contributed by atoms with van der Waals surface area (Å²) in [4.78, 5) is 12.4. The summed E-state index contributed by atoms with van der Waals surface area (Å²) >= 11 is 0. The highest BCUT2D eigenvalue weighted by Crippen LogP contribution is 2.40. The average molecular weight is 392 g/mol. The average Bonchev–Trinajstić information content (AvgIpc) is 3.26. The normalized spacial score (nSPS) is 14.8. The molecule has 0 saturated heterocycles. The van der Waals surface area contributed by atoms with Crippen LogP contribution in [0.25, 0.3) is 0 Å². The van der Waals surface area contributed by atoms with Crippen LogP contribution in [0.15, 0.2) is 48.5 Å². The molecule has 0 spiro atoms. The van der Waals surface area contributed by atoms with Crippen LogP contribution in [0, 0.1) is 11.3 Å². The number of rotatable bonds is 9. The Labute approximate surface area is 172 Å². The van der Waals surface area contributed by atoms with E-state index in [1.54, 1.807) is 25.3 Å². The van der Waals surface area contributed by atoms with E-state index >= 15 is 0 Å². The number of hydrogen-bond donors (Lipinski definition) is 1. The number of nitrogens with one attached hydrogen (secondary N) is 1. The van der Waals surface area contributed by atoms with Gasteiger partial charge in [-0.05, 0) is 37.0 Å². The standard InChI is InChI=1S/C24H28N2O3/c1-28-22-16-19(17-25)11-12-21(22)29-15-7-10-23(27)26-18-24(13-5-6-14-24)20-8-3-2-4-9-20/h2-4,8-9,11-12,16H,5-7,10,13-15,18H2,1H3,(H,26,27). The topological polar surface area (TPSA) is 71.3 Å². The van der Waals surface area contributed by atoms with E-state index in [-0.39, 0.29) is 11.3 Å². The maximum atomic E-state index is 12.4. The lowest BCUT2D eigenvalue weighted by Crippen LogP contribution is -2.39. The Morgan fingerprint density at radius 2 is 1.90 bits per heavy atom. The van der Waals surface area contributed by atoms with Crippen LogP contribution in [-0.4, -0.2) is 26.2 Å². The van der Waals surface area contributed by atoms with Crippen molar-refractivity contribution < 1.29 is 14.3 Å². The molecule has 2 aromatic carbocycles. The number of nitriles is 1. The van der Waals surface area contributed by atoms with Crippen molar-refractivity contribution in [3.63, 3.8) is 0 Å². The Kier molecular flexibility index (Phi) is 7.13. The van der Waals surface area contributed by atoms with Gasteiger partial charge in [0.2, 0.25) is 5.91 Å². The number of nitrogens with zero attached hydrogens (tertiary/aromatic N) is 1. The minimum atomic E-state index is 0.0580. The summed E-state index contributed by atoms with van der Waals surface area (Å²) in [5.74, 6) is 1.17. The summed E-state index contributed by atoms with van der Waals surface area (Å²) in [7, 11) is 1.54. The highest BCUT2D eigenvalue weighted by atomic mass is 16.5. The van der Waals surface area contributed by atoms with Gasteiger partial charge in [0.25, 0.3) is 0 Å². The van der Waals surface area contributed by atoms with Gasteiger partial charge in [0.15, 0.2) is 11.5 Å². The van der Waals surface area contributed by atoms with E-state index in [9.17, 15) is 4.79 Å². The van der Waals surface area contributed by atoms with Gasteiger partial charge in [0.1, 0.15) is 0 Å². The van der Waals surface area contributed by atoms with E-state index in [1.165, 1.54) is 18.4 Å². The molecule has 0 atom stereocenters. The fourth-order valence-electron chi connectivity index (χ4n) is 4.04. The van der Waals surface area contributed by atoms with Crippen molar-refractivity contribution in [2.24, 2.45) is 0 Å². The number of hydrogen-bond acceptors (Lipinski definition) is 4. The molecule has 0 aromatic heterocycles. The highest BCUT2D eigenvalue weighted by molar-refractivity contribution is 5.76. The third-order valence-electron chi connectivity index (χ3n) is 5.67. The van der Waals surface area contributed by atoms with Gasteiger partial charge in [-0.15, -0.1) is 0 Å². The van der Waals surface area contributed by atoms with Crippen LogP contribution >= 0.6 is 0 Å². The third kappa shape index (κ3) is 5.29. The van der Waals surface area contributed by atoms with E-state index in [1.807, 2.05) is 6.07 Å². The van der Waals surface area contributed by atoms with Crippen molar-refractivity contribution in [1.82, 2.24) is 5.32 Å². The number of benzene rings is 2. The molecule has 152 valence electrons. The molecular weight excluding hydrogens is 364 g/mol. The van der Waals surface area contributed by atoms with Crippen LogP contribution in [0.3, 0.4) is 0 Å². The molecule has 5 heteroatoms. The number of methoxy groups -OCH3 is 1. The molecule has 1 amide bonds. The van der Waals surface area contributed by atoms with Gasteiger partial charge in [0, 0.05) is 24.4 Å². The summed E-state index contributed by atoms with van der Waals surface area (Å²) in [6.07, 6.45) is 5.71. The van der Waals surface area contributed by atoms with E-state index in [2.05, 4.69) is 35.7 Å². The van der Waals surface area contributed by atoms with Crippen LogP contribution < -0.4 is 14.8 Å². The Morgan fingerprint density at radius 3 is 2.59 bits per heavy atom. The second-order valence-corrected chi connectivity index (χ2v) is 7.56. The fourth-order valence-corrected chi connectivity index (χ4v) is 4.04. The first kappa shape index (κ1) is 20.7. The van der Waals surface area contributed by atoms with Gasteiger partial charge in [-0.25, -0.2) is 0 Å². The van der Waals surface area contributed by atoms with Crippen LogP contribution in [-0.2, 0) is 10.2 Å². The Balaban J connectivity index is 1.45. The summed E-state index contributed by atoms with van der Waals surface area (Å²) < 4.78 is 11.0. The Morgan fingerprint density at radius 1 is 1.14 bits per heavy atom. The second-order valence-electron chi connectivity index (χ2n) is 7.56. The summed E-state index contributed by atoms with van der Waals surface area (Å²) in [6, 6.07) is 17.7. The third-order valence-corrected chi connectivity index (χ3v) is 5.67. The first-order chi connectivity index (χ1) is 14.2. The maximum absolute atomic E-state index is 12.4. The molecule has 0 radical (unpaired) electrons. The van der Waals surface area contributed by atoms with Gasteiger partial charge < -0.3 is 14.8 Å². The van der Waals surface area contributed by atoms with Crippen molar-refractivity contribution in [2.75, 3.05) is 20.3 Å². The SMILES string of the molecule is COc1cc(C#N)ccc1OCCCC(=O)NCC1(c2ccccc2)CCCC1. The van der Waals surface area contributed by atoms with E-state index < -0.39 is 0 Å². The predicted molar refractivity (Wildman–Crippen MR) is 112 cm³/mol. The zero-order chi connectivity index (χ0) is 20.5. The van der Waals surface area contributed by atoms with E-state index in [0.717, 1.165) is 12.8 Å². The van der Waals surface area contributed by atoms with E-state index in [4.69, 9.17) is 14.7 Å². The van der Waals surface area contributed by atoms with Gasteiger partial charge in [-0.1, -0.05) is 43.2 Å². The zero-order valence-corrected chi connectivity index (χ0v) is 16.9. The molecule has 29 heavy (non-hydrogen) atoms. The summed E-state index contributed by atoms with van der Waals surface area (Å²) in [5.41, 5.74) is 1.92. The summed E-state index contributed by atoms with van der Waals surface area (Å²) in [6.45, 7) is 1.11. The molecule has 0 heterocycles. The molecule has 1 saturated carbocycles. The zero-order valence-electron chi connectivity index (χ0n) is 16.9.